The van der Waals surface area contributed by atoms with Gasteiger partial charge in [-0.05, 0) is 68.8 Å². The third-order valence-electron chi connectivity index (χ3n) is 10.2. The highest BCUT2D eigenvalue weighted by molar-refractivity contribution is 6.32. The van der Waals surface area contributed by atoms with Crippen molar-refractivity contribution in [1.29, 1.82) is 5.26 Å². The molecule has 3 N–H and O–H groups in total. The SMILES string of the molecule is C[C@@H]1CN(c2ccc(C#N)c(Cl)c2)[C@@H](C)CN1C(=O)Nc1ccc(N2CCN(c3ccc4c(c3)C(=O)N(C3CCC(=O)NC3O)C4=O)CC2)nc1. The molecule has 2 unspecified atom stereocenters. The number of pyridine rings is 1. The lowest BCUT2D eigenvalue weighted by Gasteiger charge is -2.45. The van der Waals surface area contributed by atoms with Gasteiger partial charge in [0.15, 0.2) is 0 Å². The number of hydrogen-bond donors (Lipinski definition) is 3. The number of anilines is 4. The number of piperidine rings is 1. The fourth-order valence-electron chi connectivity index (χ4n) is 7.36. The number of nitriles is 1. The Morgan fingerprint density at radius 1 is 0.941 bits per heavy atom. The summed E-state index contributed by atoms with van der Waals surface area (Å²) < 4.78 is 0. The van der Waals surface area contributed by atoms with Crippen molar-refractivity contribution < 1.29 is 24.3 Å². The molecule has 3 fully saturated rings. The van der Waals surface area contributed by atoms with Crippen LogP contribution in [0.4, 0.5) is 27.7 Å². The minimum atomic E-state index is -1.29. The van der Waals surface area contributed by atoms with E-state index in [-0.39, 0.29) is 36.9 Å². The second kappa shape index (κ2) is 13.7. The number of nitrogens with one attached hydrogen (secondary N) is 2. The van der Waals surface area contributed by atoms with Gasteiger partial charge < -0.3 is 35.3 Å². The summed E-state index contributed by atoms with van der Waals surface area (Å²) in [6.07, 6.45) is 0.707. The molecule has 14 nitrogen and oxygen atoms in total. The van der Waals surface area contributed by atoms with Crippen LogP contribution in [0.15, 0.2) is 54.7 Å². The number of nitrogens with zero attached hydrogens (tertiary/aromatic N) is 7. The molecular weight excluding hydrogens is 674 g/mol. The van der Waals surface area contributed by atoms with E-state index in [0.717, 1.165) is 22.1 Å². The highest BCUT2D eigenvalue weighted by Crippen LogP contribution is 2.32. The first-order chi connectivity index (χ1) is 24.5. The summed E-state index contributed by atoms with van der Waals surface area (Å²) in [5, 5.41) is 25.4. The van der Waals surface area contributed by atoms with E-state index in [4.69, 9.17) is 11.6 Å². The quantitative estimate of drug-likeness (QED) is 0.335. The summed E-state index contributed by atoms with van der Waals surface area (Å²) in [5.74, 6) is -0.456. The summed E-state index contributed by atoms with van der Waals surface area (Å²) in [5.41, 5.74) is 3.36. The Kier molecular flexibility index (Phi) is 9.17. The number of rotatable bonds is 5. The molecule has 0 bridgehead atoms. The minimum absolute atomic E-state index is 0.0331. The second-order valence-electron chi connectivity index (χ2n) is 13.4. The normalized spacial score (nSPS) is 23.6. The molecule has 7 rings (SSSR count). The summed E-state index contributed by atoms with van der Waals surface area (Å²) in [6.45, 7) is 7.85. The van der Waals surface area contributed by atoms with Crippen molar-refractivity contribution >= 4 is 58.2 Å². The smallest absolute Gasteiger partial charge is 0.322 e. The standard InChI is InChI=1S/C36H38ClN9O5/c1-21-20-45(22(2)19-44(21)26-5-3-23(17-38)29(37)16-26)36(51)40-24-4-9-31(39-18-24)43-13-11-42(12-14-43)25-6-7-27-28(15-25)35(50)46(34(27)49)30-8-10-32(47)41-33(30)48/h3-7,9,15-16,18,21-22,30,33,48H,8,10-14,19-20H2,1-2H3,(H,40,51)(H,41,47)/t21-,22+,30?,33?/m0/s1. The molecule has 15 heteroatoms. The van der Waals surface area contributed by atoms with Gasteiger partial charge in [0.05, 0.1) is 39.6 Å². The van der Waals surface area contributed by atoms with Gasteiger partial charge in [0.1, 0.15) is 18.1 Å². The number of imide groups is 1. The number of fused-ring (bicyclic) bond motifs is 1. The first-order valence-corrected chi connectivity index (χ1v) is 17.4. The zero-order chi connectivity index (χ0) is 36.0. The molecule has 51 heavy (non-hydrogen) atoms. The number of piperazine rings is 2. The van der Waals surface area contributed by atoms with E-state index in [9.17, 15) is 29.5 Å². The van der Waals surface area contributed by atoms with E-state index in [1.807, 2.05) is 36.1 Å². The number of aliphatic hydroxyl groups excluding tert-OH is 1. The summed E-state index contributed by atoms with van der Waals surface area (Å²) in [4.78, 5) is 65.4. The third kappa shape index (κ3) is 6.50. The van der Waals surface area contributed by atoms with Crippen LogP contribution in [0.2, 0.25) is 5.02 Å². The lowest BCUT2D eigenvalue weighted by atomic mass is 10.0. The molecular formula is C36H38ClN9O5. The number of carbonyl (C=O) groups is 4. The van der Waals surface area contributed by atoms with E-state index in [2.05, 4.69) is 43.3 Å². The number of urea groups is 1. The fourth-order valence-corrected chi connectivity index (χ4v) is 7.58. The maximum Gasteiger partial charge on any atom is 0.322 e. The van der Waals surface area contributed by atoms with E-state index in [0.29, 0.717) is 66.7 Å². The summed E-state index contributed by atoms with van der Waals surface area (Å²) in [6, 6.07) is 15.4. The Bertz CT molecular complexity index is 1930. The van der Waals surface area contributed by atoms with Gasteiger partial charge in [-0.2, -0.15) is 5.26 Å². The lowest BCUT2D eigenvalue weighted by molar-refractivity contribution is -0.129. The third-order valence-corrected chi connectivity index (χ3v) is 10.5. The number of aliphatic hydroxyl groups is 1. The number of aromatic nitrogens is 1. The zero-order valence-corrected chi connectivity index (χ0v) is 29.0. The van der Waals surface area contributed by atoms with E-state index in [1.54, 1.807) is 30.5 Å². The molecule has 5 amide bonds. The van der Waals surface area contributed by atoms with Gasteiger partial charge >= 0.3 is 6.03 Å². The Balaban J connectivity index is 0.929. The molecule has 3 aromatic rings. The van der Waals surface area contributed by atoms with Crippen LogP contribution in [0.5, 0.6) is 0 Å². The maximum atomic E-state index is 13.3. The van der Waals surface area contributed by atoms with Crippen molar-refractivity contribution in [3.63, 3.8) is 0 Å². The highest BCUT2D eigenvalue weighted by atomic mass is 35.5. The number of hydrogen-bond acceptors (Lipinski definition) is 10. The molecule has 0 radical (unpaired) electrons. The fraction of sp³-hybridized carbons (Fsp3) is 0.389. The predicted octanol–water partition coefficient (Wildman–Crippen LogP) is 3.26. The number of amides is 5. The van der Waals surface area contributed by atoms with Crippen molar-refractivity contribution in [2.45, 2.75) is 51.0 Å². The van der Waals surface area contributed by atoms with Crippen LogP contribution < -0.4 is 25.3 Å². The summed E-state index contributed by atoms with van der Waals surface area (Å²) >= 11 is 6.28. The Morgan fingerprint density at radius 3 is 2.35 bits per heavy atom. The molecule has 0 aliphatic carbocycles. The van der Waals surface area contributed by atoms with Gasteiger partial charge in [0, 0.05) is 69.1 Å². The first kappa shape index (κ1) is 34.1. The second-order valence-corrected chi connectivity index (χ2v) is 13.8. The molecule has 5 heterocycles. The van der Waals surface area contributed by atoms with Crippen LogP contribution >= 0.6 is 11.6 Å². The predicted molar refractivity (Wildman–Crippen MR) is 191 cm³/mol. The molecule has 0 saturated carbocycles. The van der Waals surface area contributed by atoms with Crippen LogP contribution in [0, 0.1) is 11.3 Å². The average Bonchev–Trinajstić information content (AvgIpc) is 3.37. The van der Waals surface area contributed by atoms with E-state index in [1.165, 1.54) is 0 Å². The molecule has 2 aromatic carbocycles. The molecule has 0 spiro atoms. The van der Waals surface area contributed by atoms with Gasteiger partial charge in [-0.25, -0.2) is 9.78 Å². The number of benzene rings is 2. The van der Waals surface area contributed by atoms with Crippen LogP contribution in [-0.2, 0) is 4.79 Å². The summed E-state index contributed by atoms with van der Waals surface area (Å²) in [7, 11) is 0. The Labute approximate surface area is 300 Å². The first-order valence-electron chi connectivity index (χ1n) is 17.0. The largest absolute Gasteiger partial charge is 0.372 e. The van der Waals surface area contributed by atoms with Gasteiger partial charge in [-0.3, -0.25) is 19.3 Å². The van der Waals surface area contributed by atoms with Crippen molar-refractivity contribution in [3.8, 4) is 6.07 Å². The molecule has 264 valence electrons. The van der Waals surface area contributed by atoms with Crippen molar-refractivity contribution in [1.82, 2.24) is 20.1 Å². The zero-order valence-electron chi connectivity index (χ0n) is 28.3. The van der Waals surface area contributed by atoms with E-state index < -0.39 is 24.1 Å². The molecule has 1 aromatic heterocycles. The van der Waals surface area contributed by atoms with Gasteiger partial charge in [-0.15, -0.1) is 0 Å². The highest BCUT2D eigenvalue weighted by Gasteiger charge is 2.44. The Hall–Kier alpha value is -5.39. The van der Waals surface area contributed by atoms with Crippen LogP contribution in [0.1, 0.15) is 53.0 Å². The minimum Gasteiger partial charge on any atom is -0.372 e. The number of halogens is 1. The van der Waals surface area contributed by atoms with Crippen molar-refractivity contribution in [3.05, 3.63) is 76.4 Å². The van der Waals surface area contributed by atoms with Gasteiger partial charge in [-0.1, -0.05) is 11.6 Å². The van der Waals surface area contributed by atoms with Crippen LogP contribution in [0.3, 0.4) is 0 Å². The van der Waals surface area contributed by atoms with Crippen LogP contribution in [0.25, 0.3) is 0 Å². The van der Waals surface area contributed by atoms with Gasteiger partial charge in [0.2, 0.25) is 5.91 Å². The van der Waals surface area contributed by atoms with Crippen LogP contribution in [-0.4, -0.2) is 107 Å². The molecule has 4 aliphatic rings. The maximum absolute atomic E-state index is 13.3. The molecule has 3 saturated heterocycles. The lowest BCUT2D eigenvalue weighted by Crippen LogP contribution is -2.59. The van der Waals surface area contributed by atoms with Gasteiger partial charge in [0.25, 0.3) is 11.8 Å². The van der Waals surface area contributed by atoms with Crippen molar-refractivity contribution in [2.75, 3.05) is 59.3 Å². The Morgan fingerprint density at radius 2 is 1.67 bits per heavy atom. The topological polar surface area (TPSA) is 165 Å². The van der Waals surface area contributed by atoms with E-state index >= 15 is 0 Å². The van der Waals surface area contributed by atoms with Crippen molar-refractivity contribution in [2.24, 2.45) is 0 Å². The monoisotopic (exact) mass is 711 g/mol. The molecule has 4 aliphatic heterocycles. The number of carbonyl (C=O) groups excluding carboxylic acids is 4. The molecule has 4 atom stereocenters. The average molecular weight is 712 g/mol.